The first-order chi connectivity index (χ1) is 8.37. The lowest BCUT2D eigenvalue weighted by molar-refractivity contribution is -0.214. The molecule has 3 saturated heterocycles. The number of hydrogen-bond donors (Lipinski definition) is 2. The average Bonchev–Trinajstić information content (AvgIpc) is 2.78. The van der Waals surface area contributed by atoms with E-state index in [9.17, 15) is 9.90 Å². The summed E-state index contributed by atoms with van der Waals surface area (Å²) in [6, 6.07) is 0. The van der Waals surface area contributed by atoms with Crippen LogP contribution >= 0.6 is 0 Å². The number of fused-ring (bicyclic) bond motifs is 3. The molecule has 102 valence electrons. The Kier molecular flexibility index (Phi) is 2.65. The molecule has 0 bridgehead atoms. The fraction of sp³-hybridized carbons (Fsp3) is 0.909. The zero-order valence-electron chi connectivity index (χ0n) is 10.1. The molecule has 0 amide bonds. The maximum absolute atomic E-state index is 10.7. The number of carboxylic acid groups (broad SMARTS) is 1. The highest BCUT2D eigenvalue weighted by Gasteiger charge is 2.62. The van der Waals surface area contributed by atoms with Crippen LogP contribution in [0.4, 0.5) is 0 Å². The van der Waals surface area contributed by atoms with Gasteiger partial charge in [-0.25, -0.2) is 0 Å². The first kappa shape index (κ1) is 12.3. The van der Waals surface area contributed by atoms with E-state index in [0.717, 1.165) is 0 Å². The summed E-state index contributed by atoms with van der Waals surface area (Å²) in [5.41, 5.74) is 0. The van der Waals surface area contributed by atoms with Crippen molar-refractivity contribution in [1.29, 1.82) is 0 Å². The Morgan fingerprint density at radius 3 is 2.56 bits per heavy atom. The van der Waals surface area contributed by atoms with Crippen LogP contribution in [-0.4, -0.2) is 58.8 Å². The Balaban J connectivity index is 1.72. The van der Waals surface area contributed by atoms with Crippen molar-refractivity contribution >= 4 is 5.97 Å². The number of carboxylic acids is 1. The second-order valence-corrected chi connectivity index (χ2v) is 5.30. The summed E-state index contributed by atoms with van der Waals surface area (Å²) in [4.78, 5) is 10.7. The number of aliphatic carboxylic acids is 1. The Morgan fingerprint density at radius 1 is 1.17 bits per heavy atom. The SMILES string of the molecule is CC1(C)O[C@H]2O[C@@H]3[C@H](O)[C@@H](CC(=O)O)O[C@@H]3[C@H]2O1. The molecule has 0 aliphatic carbocycles. The third kappa shape index (κ3) is 1.83. The third-order valence-corrected chi connectivity index (χ3v) is 3.45. The normalized spacial score (nSPS) is 49.1. The molecular formula is C11H16O7. The van der Waals surface area contributed by atoms with E-state index < -0.39 is 48.6 Å². The second-order valence-electron chi connectivity index (χ2n) is 5.30. The fourth-order valence-electron chi connectivity index (χ4n) is 2.77. The average molecular weight is 260 g/mol. The van der Waals surface area contributed by atoms with Crippen molar-refractivity contribution in [2.75, 3.05) is 0 Å². The van der Waals surface area contributed by atoms with Gasteiger partial charge < -0.3 is 29.2 Å². The highest BCUT2D eigenvalue weighted by molar-refractivity contribution is 5.67. The van der Waals surface area contributed by atoms with Crippen LogP contribution in [0.15, 0.2) is 0 Å². The minimum Gasteiger partial charge on any atom is -0.481 e. The highest BCUT2D eigenvalue weighted by atomic mass is 16.8. The highest BCUT2D eigenvalue weighted by Crippen LogP contribution is 2.43. The molecule has 18 heavy (non-hydrogen) atoms. The minimum absolute atomic E-state index is 0.251. The van der Waals surface area contributed by atoms with Gasteiger partial charge in [-0.2, -0.15) is 0 Å². The van der Waals surface area contributed by atoms with E-state index in [0.29, 0.717) is 0 Å². The van der Waals surface area contributed by atoms with Gasteiger partial charge in [0.2, 0.25) is 0 Å². The van der Waals surface area contributed by atoms with Crippen LogP contribution in [0, 0.1) is 0 Å². The van der Waals surface area contributed by atoms with Crippen LogP contribution in [0.2, 0.25) is 0 Å². The molecule has 0 spiro atoms. The Hall–Kier alpha value is -0.730. The van der Waals surface area contributed by atoms with E-state index in [1.165, 1.54) is 0 Å². The van der Waals surface area contributed by atoms with Crippen LogP contribution in [0.5, 0.6) is 0 Å². The van der Waals surface area contributed by atoms with E-state index >= 15 is 0 Å². The van der Waals surface area contributed by atoms with E-state index in [4.69, 9.17) is 24.1 Å². The monoisotopic (exact) mass is 260 g/mol. The third-order valence-electron chi connectivity index (χ3n) is 3.45. The van der Waals surface area contributed by atoms with Gasteiger partial charge in [-0.1, -0.05) is 0 Å². The van der Waals surface area contributed by atoms with Crippen molar-refractivity contribution in [2.45, 2.75) is 62.9 Å². The molecule has 7 heteroatoms. The lowest BCUT2D eigenvalue weighted by Crippen LogP contribution is -2.35. The molecule has 7 nitrogen and oxygen atoms in total. The number of aliphatic hydroxyl groups excluding tert-OH is 1. The second kappa shape index (κ2) is 3.88. The summed E-state index contributed by atoms with van der Waals surface area (Å²) >= 11 is 0. The summed E-state index contributed by atoms with van der Waals surface area (Å²) < 4.78 is 22.3. The van der Waals surface area contributed by atoms with Crippen molar-refractivity contribution in [3.8, 4) is 0 Å². The summed E-state index contributed by atoms with van der Waals surface area (Å²) in [6.45, 7) is 3.54. The van der Waals surface area contributed by atoms with Gasteiger partial charge in [-0.15, -0.1) is 0 Å². The molecular weight excluding hydrogens is 244 g/mol. The lowest BCUT2D eigenvalue weighted by Gasteiger charge is -2.21. The Labute approximate surface area is 104 Å². The largest absolute Gasteiger partial charge is 0.481 e. The van der Waals surface area contributed by atoms with Crippen LogP contribution in [0.3, 0.4) is 0 Å². The molecule has 0 aromatic heterocycles. The Bertz CT molecular complexity index is 368. The molecule has 0 aromatic rings. The van der Waals surface area contributed by atoms with Gasteiger partial charge in [0.05, 0.1) is 12.5 Å². The summed E-state index contributed by atoms with van der Waals surface area (Å²) in [7, 11) is 0. The van der Waals surface area contributed by atoms with Gasteiger partial charge >= 0.3 is 5.97 Å². The van der Waals surface area contributed by atoms with Crippen molar-refractivity contribution in [1.82, 2.24) is 0 Å². The van der Waals surface area contributed by atoms with Crippen molar-refractivity contribution < 1.29 is 34.0 Å². The smallest absolute Gasteiger partial charge is 0.306 e. The molecule has 0 unspecified atom stereocenters. The van der Waals surface area contributed by atoms with Gasteiger partial charge in [0, 0.05) is 0 Å². The van der Waals surface area contributed by atoms with Crippen molar-refractivity contribution in [3.05, 3.63) is 0 Å². The van der Waals surface area contributed by atoms with E-state index in [2.05, 4.69) is 0 Å². The number of ether oxygens (including phenoxy) is 4. The van der Waals surface area contributed by atoms with Crippen LogP contribution < -0.4 is 0 Å². The van der Waals surface area contributed by atoms with Crippen LogP contribution in [-0.2, 0) is 23.7 Å². The maximum Gasteiger partial charge on any atom is 0.306 e. The quantitative estimate of drug-likeness (QED) is 0.689. The number of aliphatic hydroxyl groups is 1. The number of rotatable bonds is 2. The summed E-state index contributed by atoms with van der Waals surface area (Å²) in [5.74, 6) is -1.76. The summed E-state index contributed by atoms with van der Waals surface area (Å²) in [6.07, 6.45) is -4.01. The fourth-order valence-corrected chi connectivity index (χ4v) is 2.77. The number of carbonyl (C=O) groups is 1. The summed E-state index contributed by atoms with van der Waals surface area (Å²) in [5, 5.41) is 18.7. The van der Waals surface area contributed by atoms with Gasteiger partial charge in [-0.05, 0) is 13.8 Å². The van der Waals surface area contributed by atoms with Gasteiger partial charge in [0.25, 0.3) is 0 Å². The van der Waals surface area contributed by atoms with Crippen molar-refractivity contribution in [3.63, 3.8) is 0 Å². The zero-order valence-corrected chi connectivity index (χ0v) is 10.1. The number of hydrogen-bond acceptors (Lipinski definition) is 6. The molecule has 6 atom stereocenters. The predicted molar refractivity (Wildman–Crippen MR) is 55.6 cm³/mol. The topological polar surface area (TPSA) is 94.5 Å². The van der Waals surface area contributed by atoms with Gasteiger partial charge in [-0.3, -0.25) is 4.79 Å². The molecule has 0 radical (unpaired) electrons. The maximum atomic E-state index is 10.7. The molecule has 3 aliphatic rings. The molecule has 3 fully saturated rings. The first-order valence-corrected chi connectivity index (χ1v) is 5.94. The molecule has 2 N–H and O–H groups in total. The van der Waals surface area contributed by atoms with E-state index in [-0.39, 0.29) is 6.42 Å². The molecule has 0 aromatic carbocycles. The lowest BCUT2D eigenvalue weighted by atomic mass is 10.0. The first-order valence-electron chi connectivity index (χ1n) is 5.94. The van der Waals surface area contributed by atoms with Crippen LogP contribution in [0.25, 0.3) is 0 Å². The van der Waals surface area contributed by atoms with Crippen LogP contribution in [0.1, 0.15) is 20.3 Å². The van der Waals surface area contributed by atoms with Gasteiger partial charge in [0.15, 0.2) is 12.1 Å². The molecule has 3 heterocycles. The molecule has 3 rings (SSSR count). The van der Waals surface area contributed by atoms with Gasteiger partial charge in [0.1, 0.15) is 24.4 Å². The van der Waals surface area contributed by atoms with Crippen molar-refractivity contribution in [2.24, 2.45) is 0 Å². The minimum atomic E-state index is -1.01. The van der Waals surface area contributed by atoms with E-state index in [1.54, 1.807) is 13.8 Å². The van der Waals surface area contributed by atoms with E-state index in [1.807, 2.05) is 0 Å². The zero-order chi connectivity index (χ0) is 13.1. The molecule has 0 saturated carbocycles. The standard InChI is InChI=1S/C11H16O7/c1-11(2)17-9-8-7(16-10(9)18-11)6(14)4(15-8)3-5(12)13/h4,6-10,14H,3H2,1-2H3,(H,12,13)/t4-,6-,7-,8+,9-,10-/m1/s1. The molecule has 3 aliphatic heterocycles. The predicted octanol–water partition coefficient (Wildman–Crippen LogP) is -0.534. The Morgan fingerprint density at radius 2 is 1.89 bits per heavy atom.